The number of carbonyl (C=O) groups is 1. The Balaban J connectivity index is 2.20. The van der Waals surface area contributed by atoms with Crippen LogP contribution in [0.4, 0.5) is 0 Å². The fourth-order valence-corrected chi connectivity index (χ4v) is 2.27. The number of aromatic nitrogens is 3. The second-order valence-electron chi connectivity index (χ2n) is 4.10. The predicted molar refractivity (Wildman–Crippen MR) is 60.3 cm³/mol. The predicted octanol–water partition coefficient (Wildman–Crippen LogP) is 1.45. The molecule has 0 radical (unpaired) electrons. The van der Waals surface area contributed by atoms with Gasteiger partial charge in [0.05, 0.1) is 0 Å². The minimum atomic E-state index is -0.954. The van der Waals surface area contributed by atoms with Crippen LogP contribution in [0.1, 0.15) is 28.0 Å². The maximum absolute atomic E-state index is 11.2. The van der Waals surface area contributed by atoms with Crippen LogP contribution in [0.25, 0.3) is 5.82 Å². The van der Waals surface area contributed by atoms with Crippen LogP contribution in [0.2, 0.25) is 0 Å². The fraction of sp³-hybridized carbons (Fsp3) is 0.250. The highest BCUT2D eigenvalue weighted by molar-refractivity contribution is 5.88. The number of fused-ring (bicyclic) bond motifs is 1. The van der Waals surface area contributed by atoms with E-state index in [1.54, 1.807) is 23.3 Å². The first kappa shape index (κ1) is 10.0. The molecule has 0 amide bonds. The Morgan fingerprint density at radius 1 is 1.41 bits per heavy atom. The Morgan fingerprint density at radius 3 is 3.00 bits per heavy atom. The zero-order chi connectivity index (χ0) is 11.8. The minimum absolute atomic E-state index is 0.184. The van der Waals surface area contributed by atoms with E-state index in [9.17, 15) is 9.90 Å². The molecule has 2 aromatic heterocycles. The van der Waals surface area contributed by atoms with Crippen LogP contribution in [0.5, 0.6) is 0 Å². The molecule has 5 heteroatoms. The number of carboxylic acids is 1. The smallest absolute Gasteiger partial charge is 0.354 e. The quantitative estimate of drug-likeness (QED) is 0.846. The molecule has 0 atom stereocenters. The average molecular weight is 229 g/mol. The third kappa shape index (κ3) is 1.60. The molecule has 0 unspecified atom stereocenters. The van der Waals surface area contributed by atoms with Crippen molar-refractivity contribution >= 4 is 5.97 Å². The number of pyridine rings is 1. The van der Waals surface area contributed by atoms with Crippen LogP contribution < -0.4 is 0 Å². The standard InChI is InChI=1S/C12H11N3O2/c16-12(17)11-9-3-1-2-8(9)6-10(14-11)15-5-4-13-7-15/h4-7H,1-3H2,(H,16,17). The Labute approximate surface area is 97.8 Å². The summed E-state index contributed by atoms with van der Waals surface area (Å²) in [5, 5.41) is 9.18. The number of aromatic carboxylic acids is 1. The van der Waals surface area contributed by atoms with Gasteiger partial charge in [-0.1, -0.05) is 0 Å². The van der Waals surface area contributed by atoms with Crippen LogP contribution in [0.3, 0.4) is 0 Å². The number of imidazole rings is 1. The van der Waals surface area contributed by atoms with E-state index >= 15 is 0 Å². The zero-order valence-electron chi connectivity index (χ0n) is 9.13. The fourth-order valence-electron chi connectivity index (χ4n) is 2.27. The largest absolute Gasteiger partial charge is 0.477 e. The molecule has 0 aromatic carbocycles. The van der Waals surface area contributed by atoms with Crippen molar-refractivity contribution in [3.05, 3.63) is 41.6 Å². The molecule has 3 rings (SSSR count). The minimum Gasteiger partial charge on any atom is -0.477 e. The zero-order valence-corrected chi connectivity index (χ0v) is 9.13. The molecule has 1 N–H and O–H groups in total. The van der Waals surface area contributed by atoms with E-state index in [0.29, 0.717) is 5.82 Å². The van der Waals surface area contributed by atoms with Gasteiger partial charge >= 0.3 is 5.97 Å². The van der Waals surface area contributed by atoms with Gasteiger partial charge in [-0.3, -0.25) is 4.57 Å². The van der Waals surface area contributed by atoms with Crippen molar-refractivity contribution in [2.24, 2.45) is 0 Å². The highest BCUT2D eigenvalue weighted by Crippen LogP contribution is 2.26. The number of hydrogen-bond acceptors (Lipinski definition) is 3. The lowest BCUT2D eigenvalue weighted by molar-refractivity contribution is 0.0689. The van der Waals surface area contributed by atoms with Gasteiger partial charge in [-0.25, -0.2) is 14.8 Å². The third-order valence-electron chi connectivity index (χ3n) is 3.05. The van der Waals surface area contributed by atoms with Crippen molar-refractivity contribution < 1.29 is 9.90 Å². The first-order valence-corrected chi connectivity index (χ1v) is 5.50. The first-order valence-electron chi connectivity index (χ1n) is 5.50. The summed E-state index contributed by atoms with van der Waals surface area (Å²) in [7, 11) is 0. The second kappa shape index (κ2) is 3.69. The molecule has 0 saturated carbocycles. The summed E-state index contributed by atoms with van der Waals surface area (Å²) in [5.41, 5.74) is 2.17. The number of rotatable bonds is 2. The van der Waals surface area contributed by atoms with E-state index in [1.807, 2.05) is 6.07 Å². The van der Waals surface area contributed by atoms with Crippen molar-refractivity contribution in [2.45, 2.75) is 19.3 Å². The van der Waals surface area contributed by atoms with Crippen LogP contribution >= 0.6 is 0 Å². The number of nitrogens with zero attached hydrogens (tertiary/aromatic N) is 3. The molecule has 0 spiro atoms. The molecule has 1 aliphatic carbocycles. The number of carboxylic acid groups (broad SMARTS) is 1. The highest BCUT2D eigenvalue weighted by Gasteiger charge is 2.21. The van der Waals surface area contributed by atoms with Crippen LogP contribution in [0, 0.1) is 0 Å². The average Bonchev–Trinajstić information content (AvgIpc) is 2.98. The van der Waals surface area contributed by atoms with Gasteiger partial charge in [0.2, 0.25) is 0 Å². The van der Waals surface area contributed by atoms with Gasteiger partial charge in [-0.2, -0.15) is 0 Å². The number of aryl methyl sites for hydroxylation is 1. The topological polar surface area (TPSA) is 68.0 Å². The van der Waals surface area contributed by atoms with Gasteiger partial charge < -0.3 is 5.11 Å². The molecule has 0 bridgehead atoms. The van der Waals surface area contributed by atoms with Gasteiger partial charge in [0.1, 0.15) is 12.1 Å². The number of hydrogen-bond donors (Lipinski definition) is 1. The lowest BCUT2D eigenvalue weighted by Gasteiger charge is -2.08. The van der Waals surface area contributed by atoms with Crippen molar-refractivity contribution in [1.82, 2.24) is 14.5 Å². The lowest BCUT2D eigenvalue weighted by atomic mass is 10.1. The van der Waals surface area contributed by atoms with E-state index in [4.69, 9.17) is 0 Å². The SMILES string of the molecule is O=C(O)c1nc(-n2ccnc2)cc2c1CCC2. The molecule has 0 fully saturated rings. The highest BCUT2D eigenvalue weighted by atomic mass is 16.4. The third-order valence-corrected chi connectivity index (χ3v) is 3.05. The van der Waals surface area contributed by atoms with Gasteiger partial charge in [0.15, 0.2) is 5.69 Å². The van der Waals surface area contributed by atoms with E-state index in [1.165, 1.54) is 0 Å². The van der Waals surface area contributed by atoms with E-state index in [0.717, 1.165) is 30.4 Å². The molecule has 1 aliphatic rings. The van der Waals surface area contributed by atoms with Crippen molar-refractivity contribution in [1.29, 1.82) is 0 Å². The molecule has 17 heavy (non-hydrogen) atoms. The van der Waals surface area contributed by atoms with Crippen molar-refractivity contribution in [3.63, 3.8) is 0 Å². The van der Waals surface area contributed by atoms with Gasteiger partial charge in [0.25, 0.3) is 0 Å². The summed E-state index contributed by atoms with van der Waals surface area (Å²) in [6, 6.07) is 1.95. The normalized spacial score (nSPS) is 13.6. The van der Waals surface area contributed by atoms with Crippen LogP contribution in [0.15, 0.2) is 24.8 Å². The summed E-state index contributed by atoms with van der Waals surface area (Å²) in [4.78, 5) is 19.3. The molecule has 5 nitrogen and oxygen atoms in total. The van der Waals surface area contributed by atoms with Crippen LogP contribution in [-0.2, 0) is 12.8 Å². The summed E-state index contributed by atoms with van der Waals surface area (Å²) in [5.74, 6) is -0.328. The van der Waals surface area contributed by atoms with E-state index in [2.05, 4.69) is 9.97 Å². The molecular formula is C12H11N3O2. The maximum atomic E-state index is 11.2. The van der Waals surface area contributed by atoms with Crippen LogP contribution in [-0.4, -0.2) is 25.6 Å². The maximum Gasteiger partial charge on any atom is 0.354 e. The molecule has 0 aliphatic heterocycles. The monoisotopic (exact) mass is 229 g/mol. The van der Waals surface area contributed by atoms with E-state index < -0.39 is 5.97 Å². The first-order chi connectivity index (χ1) is 8.25. The molecular weight excluding hydrogens is 218 g/mol. The molecule has 86 valence electrons. The Morgan fingerprint density at radius 2 is 2.29 bits per heavy atom. The summed E-state index contributed by atoms with van der Waals surface area (Å²) in [6.07, 6.45) is 7.78. The van der Waals surface area contributed by atoms with Gasteiger partial charge in [-0.05, 0) is 36.5 Å². The van der Waals surface area contributed by atoms with E-state index in [-0.39, 0.29) is 5.69 Å². The van der Waals surface area contributed by atoms with Gasteiger partial charge in [0, 0.05) is 12.4 Å². The molecule has 0 saturated heterocycles. The Kier molecular flexibility index (Phi) is 2.18. The Bertz CT molecular complexity index is 576. The summed E-state index contributed by atoms with van der Waals surface area (Å²) >= 11 is 0. The van der Waals surface area contributed by atoms with Crippen molar-refractivity contribution in [2.75, 3.05) is 0 Å². The lowest BCUT2D eigenvalue weighted by Crippen LogP contribution is -2.09. The summed E-state index contributed by atoms with van der Waals surface area (Å²) in [6.45, 7) is 0. The molecule has 2 aromatic rings. The van der Waals surface area contributed by atoms with Gasteiger partial charge in [-0.15, -0.1) is 0 Å². The summed E-state index contributed by atoms with van der Waals surface area (Å²) < 4.78 is 1.73. The van der Waals surface area contributed by atoms with Crippen molar-refractivity contribution in [3.8, 4) is 5.82 Å². The Hall–Kier alpha value is -2.17. The second-order valence-corrected chi connectivity index (χ2v) is 4.10. The molecule has 2 heterocycles.